The third kappa shape index (κ3) is 1.82. The molecule has 0 saturated heterocycles. The number of hydrogen-bond acceptors (Lipinski definition) is 5. The van der Waals surface area contributed by atoms with Crippen LogP contribution in [-0.4, -0.2) is 10.1 Å². The zero-order valence-electron chi connectivity index (χ0n) is 7.47. The SMILES string of the molecule is Nc1ccc(Cc2nc(N)no2)cc1. The zero-order chi connectivity index (χ0) is 9.97. The summed E-state index contributed by atoms with van der Waals surface area (Å²) >= 11 is 0. The Balaban J connectivity index is 2.15. The highest BCUT2D eigenvalue weighted by Gasteiger charge is 2.03. The molecule has 0 aliphatic carbocycles. The fourth-order valence-corrected chi connectivity index (χ4v) is 1.15. The second-order valence-corrected chi connectivity index (χ2v) is 2.96. The molecule has 1 heterocycles. The van der Waals surface area contributed by atoms with E-state index in [9.17, 15) is 0 Å². The van der Waals surface area contributed by atoms with Gasteiger partial charge in [-0.25, -0.2) is 0 Å². The van der Waals surface area contributed by atoms with Gasteiger partial charge in [0.15, 0.2) is 0 Å². The predicted molar refractivity (Wildman–Crippen MR) is 52.4 cm³/mol. The summed E-state index contributed by atoms with van der Waals surface area (Å²) in [5.74, 6) is 0.669. The molecule has 0 radical (unpaired) electrons. The van der Waals surface area contributed by atoms with Crippen LogP contribution in [0.4, 0.5) is 11.6 Å². The Hall–Kier alpha value is -2.04. The molecule has 0 fully saturated rings. The second-order valence-electron chi connectivity index (χ2n) is 2.96. The second kappa shape index (κ2) is 3.37. The lowest BCUT2D eigenvalue weighted by molar-refractivity contribution is 0.386. The molecule has 2 aromatic rings. The minimum Gasteiger partial charge on any atom is -0.399 e. The van der Waals surface area contributed by atoms with Gasteiger partial charge in [0, 0.05) is 5.69 Å². The van der Waals surface area contributed by atoms with Crippen LogP contribution in [0, 0.1) is 0 Å². The number of nitrogens with zero attached hydrogens (tertiary/aromatic N) is 2. The molecule has 0 aliphatic heterocycles. The quantitative estimate of drug-likeness (QED) is 0.684. The van der Waals surface area contributed by atoms with E-state index in [4.69, 9.17) is 16.0 Å². The number of nitrogen functional groups attached to an aromatic ring is 2. The standard InChI is InChI=1S/C9H10N4O/c10-7-3-1-6(2-4-7)5-8-12-9(11)13-14-8/h1-4H,5,10H2,(H2,11,13). The summed E-state index contributed by atoms with van der Waals surface area (Å²) in [5, 5.41) is 3.50. The monoisotopic (exact) mass is 190 g/mol. The number of anilines is 2. The van der Waals surface area contributed by atoms with Gasteiger partial charge in [0.05, 0.1) is 6.42 Å². The lowest BCUT2D eigenvalue weighted by Gasteiger charge is -1.96. The lowest BCUT2D eigenvalue weighted by Crippen LogP contribution is -1.91. The van der Waals surface area contributed by atoms with Crippen LogP contribution in [0.5, 0.6) is 0 Å². The van der Waals surface area contributed by atoms with Crippen LogP contribution in [0.1, 0.15) is 11.5 Å². The van der Waals surface area contributed by atoms with Crippen LogP contribution in [-0.2, 0) is 6.42 Å². The van der Waals surface area contributed by atoms with Crippen molar-refractivity contribution >= 4 is 11.6 Å². The van der Waals surface area contributed by atoms with Crippen LogP contribution in [0.3, 0.4) is 0 Å². The van der Waals surface area contributed by atoms with Crippen LogP contribution in [0.15, 0.2) is 28.8 Å². The first-order valence-electron chi connectivity index (χ1n) is 4.16. The molecule has 1 aromatic carbocycles. The fraction of sp³-hybridized carbons (Fsp3) is 0.111. The highest BCUT2D eigenvalue weighted by atomic mass is 16.5. The normalized spacial score (nSPS) is 10.3. The molecule has 1 aromatic heterocycles. The third-order valence-electron chi connectivity index (χ3n) is 1.82. The average Bonchev–Trinajstić information content (AvgIpc) is 2.56. The smallest absolute Gasteiger partial charge is 0.260 e. The Bertz CT molecular complexity index is 421. The molecule has 0 aliphatic rings. The van der Waals surface area contributed by atoms with Gasteiger partial charge in [-0.15, -0.1) is 0 Å². The number of nitrogens with two attached hydrogens (primary N) is 2. The Kier molecular flexibility index (Phi) is 2.06. The summed E-state index contributed by atoms with van der Waals surface area (Å²) in [6.45, 7) is 0. The van der Waals surface area contributed by atoms with E-state index in [-0.39, 0.29) is 5.95 Å². The summed E-state index contributed by atoms with van der Waals surface area (Å²) < 4.78 is 4.88. The molecule has 0 atom stereocenters. The van der Waals surface area contributed by atoms with E-state index < -0.39 is 0 Å². The summed E-state index contributed by atoms with van der Waals surface area (Å²) in [5.41, 5.74) is 12.7. The Morgan fingerprint density at radius 1 is 1.14 bits per heavy atom. The van der Waals surface area contributed by atoms with Gasteiger partial charge in [0.25, 0.3) is 5.95 Å². The summed E-state index contributed by atoms with van der Waals surface area (Å²) in [7, 11) is 0. The van der Waals surface area contributed by atoms with E-state index in [1.807, 2.05) is 24.3 Å². The van der Waals surface area contributed by atoms with Gasteiger partial charge in [-0.1, -0.05) is 12.1 Å². The molecular weight excluding hydrogens is 180 g/mol. The summed E-state index contributed by atoms with van der Waals surface area (Å²) in [4.78, 5) is 3.90. The average molecular weight is 190 g/mol. The van der Waals surface area contributed by atoms with Crippen molar-refractivity contribution in [1.82, 2.24) is 10.1 Å². The van der Waals surface area contributed by atoms with Crippen molar-refractivity contribution in [2.75, 3.05) is 11.5 Å². The molecule has 0 saturated carbocycles. The number of benzene rings is 1. The van der Waals surface area contributed by atoms with Crippen LogP contribution >= 0.6 is 0 Å². The van der Waals surface area contributed by atoms with Crippen molar-refractivity contribution in [3.63, 3.8) is 0 Å². The van der Waals surface area contributed by atoms with Crippen molar-refractivity contribution in [3.05, 3.63) is 35.7 Å². The van der Waals surface area contributed by atoms with Gasteiger partial charge >= 0.3 is 0 Å². The third-order valence-corrected chi connectivity index (χ3v) is 1.82. The van der Waals surface area contributed by atoms with E-state index in [0.29, 0.717) is 12.3 Å². The molecule has 5 heteroatoms. The molecule has 0 unspecified atom stereocenters. The van der Waals surface area contributed by atoms with E-state index in [1.54, 1.807) is 0 Å². The van der Waals surface area contributed by atoms with Gasteiger partial charge in [0.1, 0.15) is 0 Å². The maximum Gasteiger partial charge on any atom is 0.260 e. The largest absolute Gasteiger partial charge is 0.399 e. The Morgan fingerprint density at radius 3 is 2.43 bits per heavy atom. The minimum atomic E-state index is 0.162. The maximum atomic E-state index is 5.55. The van der Waals surface area contributed by atoms with Gasteiger partial charge in [-0.3, -0.25) is 0 Å². The highest BCUT2D eigenvalue weighted by Crippen LogP contribution is 2.10. The maximum absolute atomic E-state index is 5.55. The first kappa shape index (κ1) is 8.55. The van der Waals surface area contributed by atoms with Crippen molar-refractivity contribution in [2.24, 2.45) is 0 Å². The highest BCUT2D eigenvalue weighted by molar-refractivity contribution is 5.39. The number of hydrogen-bond donors (Lipinski definition) is 2. The molecule has 4 N–H and O–H groups in total. The Labute approximate surface area is 80.7 Å². The van der Waals surface area contributed by atoms with Crippen LogP contribution in [0.2, 0.25) is 0 Å². The molecule has 0 amide bonds. The van der Waals surface area contributed by atoms with E-state index in [1.165, 1.54) is 0 Å². The van der Waals surface area contributed by atoms with E-state index in [2.05, 4.69) is 10.1 Å². The first-order chi connectivity index (χ1) is 6.74. The fourth-order valence-electron chi connectivity index (χ4n) is 1.15. The van der Waals surface area contributed by atoms with Crippen LogP contribution < -0.4 is 11.5 Å². The molecule has 72 valence electrons. The van der Waals surface area contributed by atoms with Gasteiger partial charge in [-0.2, -0.15) is 4.98 Å². The Morgan fingerprint density at radius 2 is 1.86 bits per heavy atom. The summed E-state index contributed by atoms with van der Waals surface area (Å²) in [6.07, 6.45) is 0.574. The van der Waals surface area contributed by atoms with Crippen molar-refractivity contribution < 1.29 is 4.52 Å². The van der Waals surface area contributed by atoms with Crippen molar-refractivity contribution in [3.8, 4) is 0 Å². The lowest BCUT2D eigenvalue weighted by atomic mass is 10.1. The molecule has 0 bridgehead atoms. The van der Waals surface area contributed by atoms with Gasteiger partial charge in [0.2, 0.25) is 5.89 Å². The molecule has 5 nitrogen and oxygen atoms in total. The van der Waals surface area contributed by atoms with E-state index in [0.717, 1.165) is 11.3 Å². The molecule has 0 spiro atoms. The molecule has 2 rings (SSSR count). The summed E-state index contributed by atoms with van der Waals surface area (Å²) in [6, 6.07) is 7.48. The molecular formula is C9H10N4O. The predicted octanol–water partition coefficient (Wildman–Crippen LogP) is 0.825. The minimum absolute atomic E-state index is 0.162. The van der Waals surface area contributed by atoms with Crippen molar-refractivity contribution in [2.45, 2.75) is 6.42 Å². The van der Waals surface area contributed by atoms with E-state index >= 15 is 0 Å². The van der Waals surface area contributed by atoms with Gasteiger partial charge in [-0.05, 0) is 22.9 Å². The number of aromatic nitrogens is 2. The first-order valence-corrected chi connectivity index (χ1v) is 4.16. The van der Waals surface area contributed by atoms with Crippen molar-refractivity contribution in [1.29, 1.82) is 0 Å². The molecule has 14 heavy (non-hydrogen) atoms. The zero-order valence-corrected chi connectivity index (χ0v) is 7.47. The topological polar surface area (TPSA) is 91.0 Å². The number of rotatable bonds is 2. The van der Waals surface area contributed by atoms with Crippen LogP contribution in [0.25, 0.3) is 0 Å². The van der Waals surface area contributed by atoms with Gasteiger partial charge < -0.3 is 16.0 Å².